The van der Waals surface area contributed by atoms with Crippen LogP contribution >= 0.6 is 12.2 Å². The molecule has 0 saturated carbocycles. The summed E-state index contributed by atoms with van der Waals surface area (Å²) < 4.78 is 5.36. The predicted octanol–water partition coefficient (Wildman–Crippen LogP) is 4.14. The molecule has 0 aliphatic carbocycles. The van der Waals surface area contributed by atoms with E-state index in [2.05, 4.69) is 46.7 Å². The van der Waals surface area contributed by atoms with E-state index in [0.29, 0.717) is 24.7 Å². The van der Waals surface area contributed by atoms with E-state index in [4.69, 9.17) is 16.6 Å². The van der Waals surface area contributed by atoms with Crippen LogP contribution in [0.25, 0.3) is 0 Å². The number of benzene rings is 1. The fourth-order valence-corrected chi connectivity index (χ4v) is 4.81. The molecule has 2 aromatic rings. The molecule has 2 saturated heterocycles. The molecule has 3 atom stereocenters. The minimum Gasteiger partial charge on any atom is -0.467 e. The SMILES string of the molecule is Cc1ccc(CN2[C@@H]3CCC[C@H]2CC(NC(=S)NCc2ccco2)C3)cc1. The van der Waals surface area contributed by atoms with Gasteiger partial charge in [0.25, 0.3) is 0 Å². The Morgan fingerprint density at radius 2 is 1.89 bits per heavy atom. The van der Waals surface area contributed by atoms with Gasteiger partial charge in [0.05, 0.1) is 12.8 Å². The second kappa shape index (κ2) is 8.44. The van der Waals surface area contributed by atoms with E-state index in [1.54, 1.807) is 6.26 Å². The fourth-order valence-electron chi connectivity index (χ4n) is 4.58. The van der Waals surface area contributed by atoms with Gasteiger partial charge < -0.3 is 15.1 Å². The lowest BCUT2D eigenvalue weighted by atomic mass is 9.81. The zero-order valence-corrected chi connectivity index (χ0v) is 16.8. The van der Waals surface area contributed by atoms with Crippen LogP contribution in [0.15, 0.2) is 47.1 Å². The summed E-state index contributed by atoms with van der Waals surface area (Å²) in [6.45, 7) is 3.86. The number of fused-ring (bicyclic) bond motifs is 2. The molecule has 2 aliphatic heterocycles. The lowest BCUT2D eigenvalue weighted by Gasteiger charge is -2.49. The Kier molecular flexibility index (Phi) is 5.79. The molecule has 2 N–H and O–H groups in total. The highest BCUT2D eigenvalue weighted by atomic mass is 32.1. The van der Waals surface area contributed by atoms with Crippen molar-refractivity contribution in [3.63, 3.8) is 0 Å². The standard InChI is InChI=1S/C22H29N3OS/c1-16-7-9-17(10-8-16)15-25-19-4-2-5-20(25)13-18(12-19)24-22(27)23-14-21-6-3-11-26-21/h3,6-11,18-20H,2,4-5,12-15H2,1H3,(H2,23,24,27)/t18?,19-,20+. The Hall–Kier alpha value is -1.85. The maximum absolute atomic E-state index is 5.51. The minimum absolute atomic E-state index is 0.464. The summed E-state index contributed by atoms with van der Waals surface area (Å²) in [6.07, 6.45) is 7.99. The van der Waals surface area contributed by atoms with Crippen LogP contribution in [0.2, 0.25) is 0 Å². The number of aryl methyl sites for hydroxylation is 1. The second-order valence-corrected chi connectivity index (χ2v) is 8.38. The highest BCUT2D eigenvalue weighted by Gasteiger charge is 2.38. The molecule has 2 fully saturated rings. The molecule has 4 rings (SSSR count). The van der Waals surface area contributed by atoms with Crippen molar-refractivity contribution in [2.24, 2.45) is 0 Å². The molecule has 2 bridgehead atoms. The lowest BCUT2D eigenvalue weighted by molar-refractivity contribution is 0.0210. The first kappa shape index (κ1) is 18.5. The molecule has 1 aromatic carbocycles. The van der Waals surface area contributed by atoms with E-state index in [1.807, 2.05) is 12.1 Å². The summed E-state index contributed by atoms with van der Waals surface area (Å²) in [6, 6.07) is 14.7. The first-order valence-corrected chi connectivity index (χ1v) is 10.5. The third-order valence-electron chi connectivity index (χ3n) is 5.95. The number of nitrogens with zero attached hydrogens (tertiary/aromatic N) is 1. The quantitative estimate of drug-likeness (QED) is 0.760. The maximum Gasteiger partial charge on any atom is 0.166 e. The summed E-state index contributed by atoms with van der Waals surface area (Å²) in [5, 5.41) is 7.56. The van der Waals surface area contributed by atoms with Gasteiger partial charge in [0.2, 0.25) is 0 Å². The molecule has 1 unspecified atom stereocenters. The second-order valence-electron chi connectivity index (χ2n) is 7.97. The van der Waals surface area contributed by atoms with Crippen molar-refractivity contribution in [2.45, 2.75) is 70.2 Å². The van der Waals surface area contributed by atoms with Crippen LogP contribution < -0.4 is 10.6 Å². The van der Waals surface area contributed by atoms with Gasteiger partial charge in [-0.25, -0.2) is 0 Å². The van der Waals surface area contributed by atoms with Crippen molar-refractivity contribution < 1.29 is 4.42 Å². The third kappa shape index (κ3) is 4.71. The molecule has 0 radical (unpaired) electrons. The average Bonchev–Trinajstić information content (AvgIpc) is 3.16. The van der Waals surface area contributed by atoms with Crippen LogP contribution in [0.4, 0.5) is 0 Å². The maximum atomic E-state index is 5.51. The molecule has 2 aliphatic rings. The van der Waals surface area contributed by atoms with Gasteiger partial charge in [0.1, 0.15) is 5.76 Å². The molecule has 5 heteroatoms. The van der Waals surface area contributed by atoms with E-state index in [-0.39, 0.29) is 0 Å². The Labute approximate surface area is 167 Å². The Bertz CT molecular complexity index is 729. The topological polar surface area (TPSA) is 40.4 Å². The van der Waals surface area contributed by atoms with Gasteiger partial charge in [0, 0.05) is 24.7 Å². The minimum atomic E-state index is 0.464. The van der Waals surface area contributed by atoms with Crippen LogP contribution in [-0.2, 0) is 13.1 Å². The molecule has 0 amide bonds. The van der Waals surface area contributed by atoms with Crippen LogP contribution in [-0.4, -0.2) is 28.1 Å². The molecule has 4 nitrogen and oxygen atoms in total. The van der Waals surface area contributed by atoms with Gasteiger partial charge in [-0.1, -0.05) is 36.2 Å². The molecule has 27 heavy (non-hydrogen) atoms. The van der Waals surface area contributed by atoms with Crippen LogP contribution in [0.5, 0.6) is 0 Å². The number of thiocarbonyl (C=S) groups is 1. The van der Waals surface area contributed by atoms with E-state index in [0.717, 1.165) is 17.4 Å². The van der Waals surface area contributed by atoms with Gasteiger partial charge >= 0.3 is 0 Å². The highest BCUT2D eigenvalue weighted by molar-refractivity contribution is 7.80. The van der Waals surface area contributed by atoms with E-state index in [9.17, 15) is 0 Å². The number of hydrogen-bond donors (Lipinski definition) is 2. The first-order valence-electron chi connectivity index (χ1n) is 10.1. The van der Waals surface area contributed by atoms with Gasteiger partial charge in [-0.15, -0.1) is 0 Å². The smallest absolute Gasteiger partial charge is 0.166 e. The summed E-state index contributed by atoms with van der Waals surface area (Å²) in [5.41, 5.74) is 2.76. The Morgan fingerprint density at radius 1 is 1.15 bits per heavy atom. The van der Waals surface area contributed by atoms with Crippen molar-refractivity contribution in [2.75, 3.05) is 0 Å². The number of piperidine rings is 2. The number of hydrogen-bond acceptors (Lipinski definition) is 3. The summed E-state index contributed by atoms with van der Waals surface area (Å²) >= 11 is 5.51. The van der Waals surface area contributed by atoms with E-state index < -0.39 is 0 Å². The van der Waals surface area contributed by atoms with Gasteiger partial charge in [-0.3, -0.25) is 4.90 Å². The zero-order valence-electron chi connectivity index (χ0n) is 16.0. The van der Waals surface area contributed by atoms with E-state index >= 15 is 0 Å². The molecule has 3 heterocycles. The molecule has 1 aromatic heterocycles. The molecular weight excluding hydrogens is 354 g/mol. The average molecular weight is 384 g/mol. The van der Waals surface area contributed by atoms with Gasteiger partial charge in [-0.2, -0.15) is 0 Å². The van der Waals surface area contributed by atoms with Crippen molar-refractivity contribution in [3.8, 4) is 0 Å². The van der Waals surface area contributed by atoms with Crippen molar-refractivity contribution in [3.05, 3.63) is 59.5 Å². The highest BCUT2D eigenvalue weighted by Crippen LogP contribution is 2.35. The zero-order chi connectivity index (χ0) is 18.6. The van der Waals surface area contributed by atoms with Crippen LogP contribution in [0.1, 0.15) is 49.0 Å². The molecular formula is C22H29N3OS. The predicted molar refractivity (Wildman–Crippen MR) is 112 cm³/mol. The van der Waals surface area contributed by atoms with Crippen LogP contribution in [0, 0.1) is 6.92 Å². The summed E-state index contributed by atoms with van der Waals surface area (Å²) in [5.74, 6) is 0.906. The fraction of sp³-hybridized carbons (Fsp3) is 0.500. The normalized spacial score (nSPS) is 25.1. The Morgan fingerprint density at radius 3 is 2.56 bits per heavy atom. The van der Waals surface area contributed by atoms with Crippen LogP contribution in [0.3, 0.4) is 0 Å². The number of furan rings is 1. The summed E-state index contributed by atoms with van der Waals surface area (Å²) in [7, 11) is 0. The third-order valence-corrected chi connectivity index (χ3v) is 6.21. The Balaban J connectivity index is 1.32. The number of nitrogens with one attached hydrogen (secondary N) is 2. The first-order chi connectivity index (χ1) is 13.2. The van der Waals surface area contributed by atoms with Crippen molar-refractivity contribution in [1.82, 2.24) is 15.5 Å². The monoisotopic (exact) mass is 383 g/mol. The van der Waals surface area contributed by atoms with Crippen molar-refractivity contribution in [1.29, 1.82) is 0 Å². The molecule has 0 spiro atoms. The lowest BCUT2D eigenvalue weighted by Crippen LogP contribution is -2.57. The van der Waals surface area contributed by atoms with Gasteiger partial charge in [-0.05, 0) is 62.5 Å². The largest absolute Gasteiger partial charge is 0.467 e. The van der Waals surface area contributed by atoms with Crippen molar-refractivity contribution >= 4 is 17.3 Å². The summed E-state index contributed by atoms with van der Waals surface area (Å²) in [4.78, 5) is 2.74. The van der Waals surface area contributed by atoms with Gasteiger partial charge in [0.15, 0.2) is 5.11 Å². The number of rotatable bonds is 5. The molecule has 144 valence electrons. The van der Waals surface area contributed by atoms with E-state index in [1.165, 1.54) is 43.2 Å².